The number of hydrogen-bond donors (Lipinski definition) is 3. The van der Waals surface area contributed by atoms with Crippen molar-refractivity contribution in [2.24, 2.45) is 0 Å². The van der Waals surface area contributed by atoms with Gasteiger partial charge < -0.3 is 16.0 Å². The zero-order valence-corrected chi connectivity index (χ0v) is 7.35. The van der Waals surface area contributed by atoms with Crippen LogP contribution in [0.1, 0.15) is 0 Å². The molecular weight excluding hydrogens is 166 g/mol. The summed E-state index contributed by atoms with van der Waals surface area (Å²) in [5.74, 6) is 0.000697. The van der Waals surface area contributed by atoms with Crippen LogP contribution in [0.4, 0.5) is 17.1 Å². The van der Waals surface area contributed by atoms with Crippen LogP contribution in [0.3, 0.4) is 0 Å². The first-order valence-electron chi connectivity index (χ1n) is 4.15. The number of fused-ring (bicyclic) bond motifs is 1. The molecule has 1 aromatic carbocycles. The van der Waals surface area contributed by atoms with Crippen LogP contribution in [0.15, 0.2) is 18.2 Å². The highest BCUT2D eigenvalue weighted by Crippen LogP contribution is 2.27. The van der Waals surface area contributed by atoms with Gasteiger partial charge >= 0.3 is 0 Å². The monoisotopic (exact) mass is 177 g/mol. The molecule has 1 aromatic rings. The third-order valence-corrected chi connectivity index (χ3v) is 2.02. The van der Waals surface area contributed by atoms with Crippen molar-refractivity contribution in [1.82, 2.24) is 0 Å². The molecule has 0 aliphatic carbocycles. The first-order chi connectivity index (χ1) is 6.29. The molecule has 3 N–H and O–H groups in total. The molecule has 0 unspecified atom stereocenters. The summed E-state index contributed by atoms with van der Waals surface area (Å²) < 4.78 is 0. The lowest BCUT2D eigenvalue weighted by Gasteiger charge is -2.19. The zero-order chi connectivity index (χ0) is 9.26. The summed E-state index contributed by atoms with van der Waals surface area (Å²) in [6, 6.07) is 5.81. The van der Waals surface area contributed by atoms with E-state index in [-0.39, 0.29) is 5.91 Å². The van der Waals surface area contributed by atoms with E-state index in [0.29, 0.717) is 6.54 Å². The Kier molecular flexibility index (Phi) is 1.81. The van der Waals surface area contributed by atoms with Gasteiger partial charge in [-0.2, -0.15) is 0 Å². The molecule has 0 saturated carbocycles. The molecule has 0 bridgehead atoms. The van der Waals surface area contributed by atoms with Gasteiger partial charge in [0.25, 0.3) is 0 Å². The Bertz CT molecular complexity index is 349. The summed E-state index contributed by atoms with van der Waals surface area (Å²) in [6.07, 6.45) is 0. The number of hydrogen-bond acceptors (Lipinski definition) is 3. The number of amides is 1. The third kappa shape index (κ3) is 1.42. The van der Waals surface area contributed by atoms with E-state index in [2.05, 4.69) is 16.0 Å². The minimum Gasteiger partial charge on any atom is -0.388 e. The van der Waals surface area contributed by atoms with Gasteiger partial charge in [-0.3, -0.25) is 4.79 Å². The number of rotatable bonds is 1. The molecule has 1 aliphatic heterocycles. The minimum absolute atomic E-state index is 0.000697. The van der Waals surface area contributed by atoms with E-state index in [4.69, 9.17) is 0 Å². The molecule has 68 valence electrons. The zero-order valence-electron chi connectivity index (χ0n) is 7.35. The first-order valence-corrected chi connectivity index (χ1v) is 4.15. The van der Waals surface area contributed by atoms with Gasteiger partial charge in [0.15, 0.2) is 0 Å². The molecule has 0 atom stereocenters. The van der Waals surface area contributed by atoms with Crippen molar-refractivity contribution in [1.29, 1.82) is 0 Å². The largest absolute Gasteiger partial charge is 0.388 e. The smallest absolute Gasteiger partial charge is 0.243 e. The van der Waals surface area contributed by atoms with Gasteiger partial charge in [0, 0.05) is 12.7 Å². The highest BCUT2D eigenvalue weighted by atomic mass is 16.2. The van der Waals surface area contributed by atoms with Gasteiger partial charge in [0.1, 0.15) is 0 Å². The summed E-state index contributed by atoms with van der Waals surface area (Å²) in [6.45, 7) is 0.353. The lowest BCUT2D eigenvalue weighted by Crippen LogP contribution is -2.27. The van der Waals surface area contributed by atoms with Crippen LogP contribution in [-0.4, -0.2) is 19.5 Å². The van der Waals surface area contributed by atoms with Crippen LogP contribution >= 0.6 is 0 Å². The average Bonchev–Trinajstić information content (AvgIpc) is 2.16. The summed E-state index contributed by atoms with van der Waals surface area (Å²) in [4.78, 5) is 11.0. The normalized spacial score (nSPS) is 14.1. The van der Waals surface area contributed by atoms with Gasteiger partial charge in [-0.15, -0.1) is 0 Å². The van der Waals surface area contributed by atoms with Crippen molar-refractivity contribution in [2.75, 3.05) is 29.5 Å². The third-order valence-electron chi connectivity index (χ3n) is 2.02. The van der Waals surface area contributed by atoms with Crippen molar-refractivity contribution in [3.8, 4) is 0 Å². The number of carbonyl (C=O) groups is 1. The molecule has 2 rings (SSSR count). The molecule has 1 amide bonds. The Morgan fingerprint density at radius 3 is 3.00 bits per heavy atom. The average molecular weight is 177 g/mol. The van der Waals surface area contributed by atoms with Crippen LogP contribution in [0.25, 0.3) is 0 Å². The summed E-state index contributed by atoms with van der Waals surface area (Å²) >= 11 is 0. The summed E-state index contributed by atoms with van der Waals surface area (Å²) in [5, 5.41) is 8.83. The van der Waals surface area contributed by atoms with Crippen LogP contribution in [0, 0.1) is 0 Å². The van der Waals surface area contributed by atoms with E-state index < -0.39 is 0 Å². The fourth-order valence-electron chi connectivity index (χ4n) is 1.33. The number of anilines is 3. The predicted molar refractivity (Wildman–Crippen MR) is 53.1 cm³/mol. The van der Waals surface area contributed by atoms with E-state index in [1.54, 1.807) is 0 Å². The molecule has 4 nitrogen and oxygen atoms in total. The molecule has 0 saturated heterocycles. The van der Waals surface area contributed by atoms with E-state index in [0.717, 1.165) is 17.1 Å². The Balaban J connectivity index is 2.38. The SMILES string of the molecule is CNc1ccc2c(c1)NC(=O)CN2. The molecular formula is C9H11N3O. The summed E-state index contributed by atoms with van der Waals surface area (Å²) in [7, 11) is 1.85. The maximum Gasteiger partial charge on any atom is 0.243 e. The van der Waals surface area contributed by atoms with Crippen molar-refractivity contribution in [3.05, 3.63) is 18.2 Å². The standard InChI is InChI=1S/C9H11N3O/c1-10-6-2-3-7-8(4-6)12-9(13)5-11-7/h2-4,10-11H,5H2,1H3,(H,12,13). The second-order valence-corrected chi connectivity index (χ2v) is 2.91. The molecule has 1 heterocycles. The van der Waals surface area contributed by atoms with Crippen LogP contribution in [0.2, 0.25) is 0 Å². The van der Waals surface area contributed by atoms with E-state index >= 15 is 0 Å². The highest BCUT2D eigenvalue weighted by molar-refractivity contribution is 6.01. The van der Waals surface area contributed by atoms with Crippen LogP contribution in [-0.2, 0) is 4.79 Å². The van der Waals surface area contributed by atoms with E-state index in [1.165, 1.54) is 0 Å². The molecule has 0 radical (unpaired) electrons. The Labute approximate surface area is 76.3 Å². The van der Waals surface area contributed by atoms with Gasteiger partial charge in [-0.1, -0.05) is 0 Å². The van der Waals surface area contributed by atoms with Crippen molar-refractivity contribution < 1.29 is 4.79 Å². The van der Waals surface area contributed by atoms with Crippen molar-refractivity contribution in [3.63, 3.8) is 0 Å². The van der Waals surface area contributed by atoms with Crippen LogP contribution < -0.4 is 16.0 Å². The maximum atomic E-state index is 11.0. The van der Waals surface area contributed by atoms with Crippen molar-refractivity contribution >= 4 is 23.0 Å². The van der Waals surface area contributed by atoms with Crippen molar-refractivity contribution in [2.45, 2.75) is 0 Å². The highest BCUT2D eigenvalue weighted by Gasteiger charge is 2.13. The second kappa shape index (κ2) is 2.97. The van der Waals surface area contributed by atoms with Gasteiger partial charge in [0.2, 0.25) is 5.91 Å². The lowest BCUT2D eigenvalue weighted by atomic mass is 10.2. The second-order valence-electron chi connectivity index (χ2n) is 2.91. The van der Waals surface area contributed by atoms with E-state index in [9.17, 15) is 4.79 Å². The quantitative estimate of drug-likeness (QED) is 0.602. The lowest BCUT2D eigenvalue weighted by molar-refractivity contribution is -0.114. The molecule has 0 aromatic heterocycles. The molecule has 0 fully saturated rings. The molecule has 13 heavy (non-hydrogen) atoms. The number of nitrogens with one attached hydrogen (secondary N) is 3. The number of carbonyl (C=O) groups excluding carboxylic acids is 1. The van der Waals surface area contributed by atoms with Gasteiger partial charge in [-0.25, -0.2) is 0 Å². The number of benzene rings is 1. The van der Waals surface area contributed by atoms with E-state index in [1.807, 2.05) is 25.2 Å². The fourth-order valence-corrected chi connectivity index (χ4v) is 1.33. The topological polar surface area (TPSA) is 53.2 Å². The van der Waals surface area contributed by atoms with Gasteiger partial charge in [0.05, 0.1) is 17.9 Å². The Hall–Kier alpha value is -1.71. The fraction of sp³-hybridized carbons (Fsp3) is 0.222. The molecule has 0 spiro atoms. The molecule has 4 heteroatoms. The Morgan fingerprint density at radius 2 is 2.23 bits per heavy atom. The predicted octanol–water partition coefficient (Wildman–Crippen LogP) is 1.09. The molecule has 1 aliphatic rings. The summed E-state index contributed by atoms with van der Waals surface area (Å²) in [5.41, 5.74) is 2.80. The maximum absolute atomic E-state index is 11.0. The van der Waals surface area contributed by atoms with Crippen LogP contribution in [0.5, 0.6) is 0 Å². The Morgan fingerprint density at radius 1 is 1.38 bits per heavy atom. The minimum atomic E-state index is 0.000697. The first kappa shape index (κ1) is 7.91. The van der Waals surface area contributed by atoms with Gasteiger partial charge in [-0.05, 0) is 18.2 Å².